The summed E-state index contributed by atoms with van der Waals surface area (Å²) in [4.78, 5) is 10.4. The van der Waals surface area contributed by atoms with Crippen LogP contribution in [0.25, 0.3) is 0 Å². The van der Waals surface area contributed by atoms with E-state index in [1.165, 1.54) is 0 Å². The van der Waals surface area contributed by atoms with Gasteiger partial charge in [-0.2, -0.15) is 0 Å². The van der Waals surface area contributed by atoms with Crippen LogP contribution >= 0.6 is 0 Å². The summed E-state index contributed by atoms with van der Waals surface area (Å²) in [6, 6.07) is 6.91. The number of alkyl halides is 2. The van der Waals surface area contributed by atoms with E-state index in [9.17, 15) is 13.6 Å². The molecule has 1 aliphatic rings. The summed E-state index contributed by atoms with van der Waals surface area (Å²) < 4.78 is 25.9. The highest BCUT2D eigenvalue weighted by molar-refractivity contribution is 5.74. The average molecular weight is 210 g/mol. The minimum atomic E-state index is -2.51. The number of rotatable bonds is 2. The van der Waals surface area contributed by atoms with Crippen molar-refractivity contribution < 1.29 is 13.6 Å². The maximum Gasteiger partial charge on any atom is 0.248 e. The van der Waals surface area contributed by atoms with Crippen LogP contribution in [-0.4, -0.2) is 12.2 Å². The lowest BCUT2D eigenvalue weighted by atomic mass is 9.97. The molecule has 0 saturated heterocycles. The number of hydrogen-bond donors (Lipinski definition) is 0. The van der Waals surface area contributed by atoms with Gasteiger partial charge in [0.1, 0.15) is 6.29 Å². The van der Waals surface area contributed by atoms with E-state index in [1.807, 2.05) is 0 Å². The Hall–Kier alpha value is -1.25. The van der Waals surface area contributed by atoms with Gasteiger partial charge >= 0.3 is 0 Å². The second-order valence-corrected chi connectivity index (χ2v) is 4.08. The third-order valence-electron chi connectivity index (χ3n) is 2.95. The molecule has 0 radical (unpaired) electrons. The Morgan fingerprint density at radius 1 is 1.27 bits per heavy atom. The molecule has 1 unspecified atom stereocenters. The van der Waals surface area contributed by atoms with Gasteiger partial charge in [-0.05, 0) is 17.9 Å². The van der Waals surface area contributed by atoms with Crippen molar-refractivity contribution in [3.63, 3.8) is 0 Å². The molecule has 1 aromatic rings. The van der Waals surface area contributed by atoms with Gasteiger partial charge in [-0.3, -0.25) is 4.79 Å². The number of carbonyl (C=O) groups is 1. The molecule has 15 heavy (non-hydrogen) atoms. The number of aldehydes is 1. The van der Waals surface area contributed by atoms with Gasteiger partial charge in [-0.25, -0.2) is 8.78 Å². The van der Waals surface area contributed by atoms with E-state index in [-0.39, 0.29) is 18.8 Å². The van der Waals surface area contributed by atoms with Gasteiger partial charge in [-0.1, -0.05) is 24.3 Å². The Bertz CT molecular complexity index is 356. The summed E-state index contributed by atoms with van der Waals surface area (Å²) in [5.74, 6) is -2.56. The fourth-order valence-corrected chi connectivity index (χ4v) is 2.08. The highest BCUT2D eigenvalue weighted by Crippen LogP contribution is 2.43. The monoisotopic (exact) mass is 210 g/mol. The smallest absolute Gasteiger partial charge is 0.248 e. The zero-order valence-corrected chi connectivity index (χ0v) is 8.25. The van der Waals surface area contributed by atoms with Gasteiger partial charge < -0.3 is 0 Å². The van der Waals surface area contributed by atoms with E-state index in [2.05, 4.69) is 0 Å². The van der Waals surface area contributed by atoms with Crippen LogP contribution in [0.2, 0.25) is 0 Å². The highest BCUT2D eigenvalue weighted by atomic mass is 19.3. The summed E-state index contributed by atoms with van der Waals surface area (Å²) in [6.45, 7) is 0. The summed E-state index contributed by atoms with van der Waals surface area (Å²) in [7, 11) is 0. The molecule has 1 nitrogen and oxygen atoms in total. The fraction of sp³-hybridized carbons (Fsp3) is 0.417. The lowest BCUT2D eigenvalue weighted by Crippen LogP contribution is -2.09. The molecule has 2 rings (SSSR count). The van der Waals surface area contributed by atoms with E-state index in [1.54, 1.807) is 24.3 Å². The number of halogens is 2. The van der Waals surface area contributed by atoms with Crippen LogP contribution < -0.4 is 0 Å². The molecule has 1 aliphatic carbocycles. The minimum Gasteiger partial charge on any atom is -0.298 e. The first-order valence-electron chi connectivity index (χ1n) is 5.04. The number of benzene rings is 1. The normalized spacial score (nSPS) is 24.0. The molecule has 0 aliphatic heterocycles. The molecule has 0 bridgehead atoms. The fourth-order valence-electron chi connectivity index (χ4n) is 2.08. The molecule has 0 N–H and O–H groups in total. The Balaban J connectivity index is 2.14. The van der Waals surface area contributed by atoms with E-state index in [4.69, 9.17) is 0 Å². The average Bonchev–Trinajstić information content (AvgIpc) is 2.59. The molecule has 80 valence electrons. The molecule has 0 spiro atoms. The summed E-state index contributed by atoms with van der Waals surface area (Å²) in [6.07, 6.45) is 1.21. The van der Waals surface area contributed by atoms with Gasteiger partial charge in [0, 0.05) is 18.4 Å². The first kappa shape index (κ1) is 10.3. The van der Waals surface area contributed by atoms with Crippen molar-refractivity contribution in [2.45, 2.75) is 31.1 Å². The Kier molecular flexibility index (Phi) is 2.55. The predicted molar refractivity (Wildman–Crippen MR) is 53.4 cm³/mol. The second-order valence-electron chi connectivity index (χ2n) is 4.08. The second kappa shape index (κ2) is 3.72. The molecule has 1 atom stereocenters. The van der Waals surface area contributed by atoms with Crippen LogP contribution in [0.15, 0.2) is 24.3 Å². The summed E-state index contributed by atoms with van der Waals surface area (Å²) in [5.41, 5.74) is 1.50. The third kappa shape index (κ3) is 2.22. The highest BCUT2D eigenvalue weighted by Gasteiger charge is 2.39. The largest absolute Gasteiger partial charge is 0.298 e. The van der Waals surface area contributed by atoms with Crippen molar-refractivity contribution in [2.24, 2.45) is 0 Å². The lowest BCUT2D eigenvalue weighted by Gasteiger charge is -2.10. The SMILES string of the molecule is O=Cc1ccc(C2CCC(F)(F)C2)cc1. The van der Waals surface area contributed by atoms with Gasteiger partial charge in [0.2, 0.25) is 5.92 Å². The number of hydrogen-bond acceptors (Lipinski definition) is 1. The van der Waals surface area contributed by atoms with E-state index in [0.29, 0.717) is 12.0 Å². The lowest BCUT2D eigenvalue weighted by molar-refractivity contribution is 0.00776. The molecular formula is C12H12F2O. The van der Waals surface area contributed by atoms with Crippen molar-refractivity contribution in [3.05, 3.63) is 35.4 Å². The van der Waals surface area contributed by atoms with Crippen LogP contribution in [0.5, 0.6) is 0 Å². The Morgan fingerprint density at radius 2 is 1.93 bits per heavy atom. The predicted octanol–water partition coefficient (Wildman–Crippen LogP) is 3.40. The summed E-state index contributed by atoms with van der Waals surface area (Å²) >= 11 is 0. The van der Waals surface area contributed by atoms with E-state index in [0.717, 1.165) is 11.8 Å². The van der Waals surface area contributed by atoms with Crippen molar-refractivity contribution in [1.82, 2.24) is 0 Å². The topological polar surface area (TPSA) is 17.1 Å². The van der Waals surface area contributed by atoms with Crippen molar-refractivity contribution in [1.29, 1.82) is 0 Å². The Morgan fingerprint density at radius 3 is 2.40 bits per heavy atom. The van der Waals surface area contributed by atoms with Crippen LogP contribution in [-0.2, 0) is 0 Å². The molecule has 0 heterocycles. The van der Waals surface area contributed by atoms with Gasteiger partial charge in [0.05, 0.1) is 0 Å². The molecule has 3 heteroatoms. The quantitative estimate of drug-likeness (QED) is 0.684. The van der Waals surface area contributed by atoms with Crippen LogP contribution in [0.1, 0.15) is 41.1 Å². The van der Waals surface area contributed by atoms with E-state index < -0.39 is 5.92 Å². The number of carbonyl (C=O) groups excluding carboxylic acids is 1. The molecule has 0 amide bonds. The van der Waals surface area contributed by atoms with Crippen molar-refractivity contribution in [3.8, 4) is 0 Å². The molecule has 0 aromatic heterocycles. The standard InChI is InChI=1S/C12H12F2O/c13-12(14)6-5-11(7-12)10-3-1-9(8-15)2-4-10/h1-4,8,11H,5-7H2. The van der Waals surface area contributed by atoms with Gasteiger partial charge in [0.25, 0.3) is 0 Å². The molecular weight excluding hydrogens is 198 g/mol. The molecule has 1 saturated carbocycles. The first-order chi connectivity index (χ1) is 7.11. The third-order valence-corrected chi connectivity index (χ3v) is 2.95. The Labute approximate surface area is 87.1 Å². The maximum atomic E-state index is 13.0. The summed E-state index contributed by atoms with van der Waals surface area (Å²) in [5, 5.41) is 0. The molecule has 1 aromatic carbocycles. The van der Waals surface area contributed by atoms with Crippen LogP contribution in [0.3, 0.4) is 0 Å². The minimum absolute atomic E-state index is 0.0207. The zero-order valence-electron chi connectivity index (χ0n) is 8.25. The van der Waals surface area contributed by atoms with E-state index >= 15 is 0 Å². The van der Waals surface area contributed by atoms with Crippen LogP contribution in [0, 0.1) is 0 Å². The van der Waals surface area contributed by atoms with Crippen molar-refractivity contribution in [2.75, 3.05) is 0 Å². The van der Waals surface area contributed by atoms with Crippen molar-refractivity contribution >= 4 is 6.29 Å². The molecule has 1 fully saturated rings. The first-order valence-corrected chi connectivity index (χ1v) is 5.04. The van der Waals surface area contributed by atoms with Gasteiger partial charge in [0.15, 0.2) is 0 Å². The van der Waals surface area contributed by atoms with Gasteiger partial charge in [-0.15, -0.1) is 0 Å². The van der Waals surface area contributed by atoms with Crippen LogP contribution in [0.4, 0.5) is 8.78 Å². The zero-order chi connectivity index (χ0) is 10.9. The maximum absolute atomic E-state index is 13.0.